The minimum absolute atomic E-state index is 0.0509. The average Bonchev–Trinajstić information content (AvgIpc) is 2.66. The van der Waals surface area contributed by atoms with Crippen LogP contribution in [-0.2, 0) is 12.0 Å². The summed E-state index contributed by atoms with van der Waals surface area (Å²) in [5.74, 6) is 0.475. The molecule has 3 rings (SSSR count). The van der Waals surface area contributed by atoms with Gasteiger partial charge in [-0.15, -0.1) is 0 Å². The Balaban J connectivity index is 1.65. The summed E-state index contributed by atoms with van der Waals surface area (Å²) in [5, 5.41) is 6.01. The molecule has 0 atom stereocenters. The zero-order valence-electron chi connectivity index (χ0n) is 15.7. The van der Waals surface area contributed by atoms with E-state index in [0.29, 0.717) is 12.3 Å². The van der Waals surface area contributed by atoms with E-state index in [1.54, 1.807) is 12.1 Å². The van der Waals surface area contributed by atoms with Crippen LogP contribution in [-0.4, -0.2) is 19.6 Å². The summed E-state index contributed by atoms with van der Waals surface area (Å²) in [6, 6.07) is 22.1. The van der Waals surface area contributed by atoms with Crippen LogP contribution in [0.1, 0.15) is 25.0 Å². The Morgan fingerprint density at radius 1 is 0.963 bits per heavy atom. The van der Waals surface area contributed by atoms with Crippen molar-refractivity contribution in [3.05, 3.63) is 77.9 Å². The van der Waals surface area contributed by atoms with Crippen molar-refractivity contribution in [1.29, 1.82) is 0 Å². The van der Waals surface area contributed by atoms with E-state index in [2.05, 4.69) is 61.6 Å². The second-order valence-corrected chi connectivity index (χ2v) is 7.36. The van der Waals surface area contributed by atoms with Crippen molar-refractivity contribution in [2.45, 2.75) is 32.2 Å². The highest BCUT2D eigenvalue weighted by atomic mass is 19.3. The van der Waals surface area contributed by atoms with Gasteiger partial charge in [0.15, 0.2) is 0 Å². The van der Waals surface area contributed by atoms with Gasteiger partial charge in [0.1, 0.15) is 12.4 Å². The summed E-state index contributed by atoms with van der Waals surface area (Å²) in [6.45, 7) is 5.32. The molecule has 2 nitrogen and oxygen atoms in total. The summed E-state index contributed by atoms with van der Waals surface area (Å²) in [6.07, 6.45) is -2.46. The second-order valence-electron chi connectivity index (χ2n) is 7.36. The zero-order valence-corrected chi connectivity index (χ0v) is 15.7. The third-order valence-electron chi connectivity index (χ3n) is 4.69. The molecule has 0 radical (unpaired) electrons. The van der Waals surface area contributed by atoms with Crippen LogP contribution in [0.25, 0.3) is 10.8 Å². The fourth-order valence-electron chi connectivity index (χ4n) is 3.33. The Hall–Kier alpha value is -2.46. The first-order valence-corrected chi connectivity index (χ1v) is 9.14. The van der Waals surface area contributed by atoms with Crippen molar-refractivity contribution in [3.8, 4) is 5.75 Å². The van der Waals surface area contributed by atoms with E-state index < -0.39 is 13.0 Å². The van der Waals surface area contributed by atoms with Gasteiger partial charge in [0, 0.05) is 18.5 Å². The van der Waals surface area contributed by atoms with Gasteiger partial charge in [-0.05, 0) is 34.0 Å². The molecule has 4 heteroatoms. The van der Waals surface area contributed by atoms with Crippen molar-refractivity contribution in [2.75, 3.05) is 13.2 Å². The van der Waals surface area contributed by atoms with Crippen molar-refractivity contribution >= 4 is 10.8 Å². The molecule has 0 unspecified atom stereocenters. The van der Waals surface area contributed by atoms with E-state index in [9.17, 15) is 8.78 Å². The van der Waals surface area contributed by atoms with Gasteiger partial charge in [0.05, 0.1) is 0 Å². The zero-order chi connectivity index (χ0) is 19.3. The molecule has 27 heavy (non-hydrogen) atoms. The van der Waals surface area contributed by atoms with Crippen LogP contribution in [0, 0.1) is 0 Å². The van der Waals surface area contributed by atoms with Gasteiger partial charge in [-0.25, -0.2) is 8.78 Å². The van der Waals surface area contributed by atoms with Crippen LogP contribution in [0.3, 0.4) is 0 Å². The predicted molar refractivity (Wildman–Crippen MR) is 107 cm³/mol. The molecule has 0 saturated heterocycles. The lowest BCUT2D eigenvalue weighted by Crippen LogP contribution is -2.32. The van der Waals surface area contributed by atoms with E-state index in [1.807, 2.05) is 12.1 Å². The van der Waals surface area contributed by atoms with Gasteiger partial charge in [-0.2, -0.15) is 0 Å². The molecule has 0 heterocycles. The van der Waals surface area contributed by atoms with Gasteiger partial charge in [-0.1, -0.05) is 68.4 Å². The summed E-state index contributed by atoms with van der Waals surface area (Å²) >= 11 is 0. The molecule has 0 aliphatic carbocycles. The van der Waals surface area contributed by atoms with Gasteiger partial charge >= 0.3 is 0 Å². The number of hydrogen-bond acceptors (Lipinski definition) is 2. The third kappa shape index (κ3) is 5.04. The van der Waals surface area contributed by atoms with E-state index in [-0.39, 0.29) is 5.41 Å². The molecule has 0 aliphatic rings. The van der Waals surface area contributed by atoms with Gasteiger partial charge in [0.2, 0.25) is 0 Å². The second kappa shape index (κ2) is 8.49. The molecule has 0 bridgehead atoms. The number of fused-ring (bicyclic) bond motifs is 1. The Morgan fingerprint density at radius 3 is 2.52 bits per heavy atom. The summed E-state index contributed by atoms with van der Waals surface area (Å²) in [5.41, 5.74) is 2.27. The lowest BCUT2D eigenvalue weighted by Gasteiger charge is -2.27. The maximum Gasteiger partial charge on any atom is 0.272 e. The van der Waals surface area contributed by atoms with E-state index in [4.69, 9.17) is 4.74 Å². The van der Waals surface area contributed by atoms with Crippen molar-refractivity contribution < 1.29 is 13.5 Å². The summed E-state index contributed by atoms with van der Waals surface area (Å²) < 4.78 is 29.7. The topological polar surface area (TPSA) is 21.3 Å². The molecule has 0 fully saturated rings. The maximum absolute atomic E-state index is 12.3. The van der Waals surface area contributed by atoms with Crippen LogP contribution < -0.4 is 10.1 Å². The van der Waals surface area contributed by atoms with Crippen molar-refractivity contribution in [1.82, 2.24) is 5.32 Å². The standard InChI is InChI=1S/C23H25F2NO/c1-23(2,21-12-6-9-18-8-3-4-11-20(18)21)16-26-14-17-7-5-10-19(13-17)27-15-22(24)25/h3-13,22,26H,14-16H2,1-2H3. The average molecular weight is 369 g/mol. The van der Waals surface area contributed by atoms with Crippen molar-refractivity contribution in [3.63, 3.8) is 0 Å². The van der Waals surface area contributed by atoms with E-state index in [0.717, 1.165) is 12.1 Å². The molecule has 142 valence electrons. The molecular weight excluding hydrogens is 344 g/mol. The first-order chi connectivity index (χ1) is 13.0. The first kappa shape index (κ1) is 19.3. The van der Waals surface area contributed by atoms with E-state index >= 15 is 0 Å². The predicted octanol–water partition coefficient (Wildman–Crippen LogP) is 5.55. The number of nitrogens with one attached hydrogen (secondary N) is 1. The van der Waals surface area contributed by atoms with Crippen LogP contribution in [0.5, 0.6) is 5.75 Å². The maximum atomic E-state index is 12.3. The van der Waals surface area contributed by atoms with Crippen LogP contribution in [0.15, 0.2) is 66.7 Å². The lowest BCUT2D eigenvalue weighted by molar-refractivity contribution is 0.0818. The van der Waals surface area contributed by atoms with Crippen LogP contribution >= 0.6 is 0 Å². The molecule has 1 N–H and O–H groups in total. The molecule has 0 amide bonds. The van der Waals surface area contributed by atoms with Gasteiger partial charge < -0.3 is 10.1 Å². The molecule has 0 aliphatic heterocycles. The highest BCUT2D eigenvalue weighted by Gasteiger charge is 2.22. The normalized spacial score (nSPS) is 11.9. The molecule has 3 aromatic rings. The Labute approximate surface area is 159 Å². The van der Waals surface area contributed by atoms with Crippen LogP contribution in [0.4, 0.5) is 8.78 Å². The number of ether oxygens (including phenoxy) is 1. The summed E-state index contributed by atoms with van der Waals surface area (Å²) in [4.78, 5) is 0. The lowest BCUT2D eigenvalue weighted by atomic mass is 9.81. The fourth-order valence-corrected chi connectivity index (χ4v) is 3.33. The van der Waals surface area contributed by atoms with E-state index in [1.165, 1.54) is 16.3 Å². The first-order valence-electron chi connectivity index (χ1n) is 9.14. The molecule has 0 saturated carbocycles. The molecule has 0 spiro atoms. The fraction of sp³-hybridized carbons (Fsp3) is 0.304. The molecule has 0 aromatic heterocycles. The van der Waals surface area contributed by atoms with Crippen LogP contribution in [0.2, 0.25) is 0 Å². The minimum Gasteiger partial charge on any atom is -0.488 e. The highest BCUT2D eigenvalue weighted by Crippen LogP contribution is 2.30. The summed E-state index contributed by atoms with van der Waals surface area (Å²) in [7, 11) is 0. The number of rotatable bonds is 8. The number of halogens is 2. The molecule has 3 aromatic carbocycles. The van der Waals surface area contributed by atoms with Crippen molar-refractivity contribution in [2.24, 2.45) is 0 Å². The Kier molecular flexibility index (Phi) is 6.07. The Morgan fingerprint density at radius 2 is 1.70 bits per heavy atom. The number of hydrogen-bond donors (Lipinski definition) is 1. The minimum atomic E-state index is -2.46. The third-order valence-corrected chi connectivity index (χ3v) is 4.69. The highest BCUT2D eigenvalue weighted by molar-refractivity contribution is 5.86. The number of alkyl halides is 2. The molecular formula is C23H25F2NO. The smallest absolute Gasteiger partial charge is 0.272 e. The SMILES string of the molecule is CC(C)(CNCc1cccc(OCC(F)F)c1)c1cccc2ccccc12. The largest absolute Gasteiger partial charge is 0.488 e. The quantitative estimate of drug-likeness (QED) is 0.562. The number of benzene rings is 3. The Bertz CT molecular complexity index is 887. The van der Waals surface area contributed by atoms with Gasteiger partial charge in [-0.3, -0.25) is 0 Å². The monoisotopic (exact) mass is 369 g/mol. The van der Waals surface area contributed by atoms with Gasteiger partial charge in [0.25, 0.3) is 6.43 Å².